The third kappa shape index (κ3) is 3.63. The van der Waals surface area contributed by atoms with Crippen molar-refractivity contribution in [2.75, 3.05) is 7.05 Å². The molecule has 0 saturated carbocycles. The Morgan fingerprint density at radius 3 is 2.62 bits per heavy atom. The average Bonchev–Trinajstić information content (AvgIpc) is 2.25. The Labute approximate surface area is 110 Å². The van der Waals surface area contributed by atoms with E-state index >= 15 is 0 Å². The quantitative estimate of drug-likeness (QED) is 0.495. The Balaban J connectivity index is 2.87. The molecule has 0 saturated heterocycles. The SMILES string of the molecule is CNC(=S)N/N=C(/C)c1ccc(Cl)cc1Cl. The Morgan fingerprint density at radius 2 is 2.06 bits per heavy atom. The predicted octanol–water partition coefficient (Wildman–Crippen LogP) is 2.81. The van der Waals surface area contributed by atoms with E-state index in [0.29, 0.717) is 15.2 Å². The number of rotatable bonds is 2. The van der Waals surface area contributed by atoms with Crippen molar-refractivity contribution in [3.05, 3.63) is 33.8 Å². The number of hydrazone groups is 1. The minimum absolute atomic E-state index is 0.449. The van der Waals surface area contributed by atoms with Gasteiger partial charge in [0, 0.05) is 17.6 Å². The summed E-state index contributed by atoms with van der Waals surface area (Å²) in [4.78, 5) is 0. The van der Waals surface area contributed by atoms with Crippen molar-refractivity contribution in [2.24, 2.45) is 5.10 Å². The van der Waals surface area contributed by atoms with Crippen LogP contribution in [0.3, 0.4) is 0 Å². The molecule has 86 valence electrons. The van der Waals surface area contributed by atoms with Gasteiger partial charge >= 0.3 is 0 Å². The number of hydrogen-bond donors (Lipinski definition) is 2. The molecule has 0 amide bonds. The molecule has 0 fully saturated rings. The highest BCUT2D eigenvalue weighted by molar-refractivity contribution is 7.80. The summed E-state index contributed by atoms with van der Waals surface area (Å²) in [5.41, 5.74) is 4.24. The topological polar surface area (TPSA) is 36.4 Å². The minimum atomic E-state index is 0.449. The van der Waals surface area contributed by atoms with Gasteiger partial charge in [-0.3, -0.25) is 5.43 Å². The maximum atomic E-state index is 6.03. The van der Waals surface area contributed by atoms with Crippen molar-refractivity contribution in [2.45, 2.75) is 6.92 Å². The molecule has 16 heavy (non-hydrogen) atoms. The van der Waals surface area contributed by atoms with Crippen LogP contribution in [0.5, 0.6) is 0 Å². The van der Waals surface area contributed by atoms with Crippen LogP contribution in [-0.4, -0.2) is 17.9 Å². The zero-order valence-corrected chi connectivity index (χ0v) is 11.2. The van der Waals surface area contributed by atoms with Crippen LogP contribution in [0, 0.1) is 0 Å². The van der Waals surface area contributed by atoms with Crippen LogP contribution in [0.1, 0.15) is 12.5 Å². The summed E-state index contributed by atoms with van der Waals surface area (Å²) in [7, 11) is 1.72. The van der Waals surface area contributed by atoms with Crippen molar-refractivity contribution in [3.63, 3.8) is 0 Å². The highest BCUT2D eigenvalue weighted by Crippen LogP contribution is 2.21. The van der Waals surface area contributed by atoms with Crippen molar-refractivity contribution in [3.8, 4) is 0 Å². The van der Waals surface area contributed by atoms with E-state index in [-0.39, 0.29) is 0 Å². The first-order valence-electron chi connectivity index (χ1n) is 4.52. The zero-order valence-electron chi connectivity index (χ0n) is 8.84. The molecule has 0 aliphatic rings. The van der Waals surface area contributed by atoms with Crippen LogP contribution < -0.4 is 10.7 Å². The van der Waals surface area contributed by atoms with Gasteiger partial charge in [-0.1, -0.05) is 29.3 Å². The molecule has 2 N–H and O–H groups in total. The molecule has 6 heteroatoms. The Hall–Kier alpha value is -0.840. The first-order valence-corrected chi connectivity index (χ1v) is 5.68. The fourth-order valence-corrected chi connectivity index (χ4v) is 1.62. The van der Waals surface area contributed by atoms with Crippen LogP contribution in [0.15, 0.2) is 23.3 Å². The van der Waals surface area contributed by atoms with E-state index in [1.54, 1.807) is 19.2 Å². The molecule has 0 spiro atoms. The smallest absolute Gasteiger partial charge is 0.186 e. The lowest BCUT2D eigenvalue weighted by Crippen LogP contribution is -2.29. The molecule has 1 rings (SSSR count). The second-order valence-electron chi connectivity index (χ2n) is 3.01. The molecule has 0 unspecified atom stereocenters. The largest absolute Gasteiger partial charge is 0.364 e. The van der Waals surface area contributed by atoms with E-state index < -0.39 is 0 Å². The molecule has 3 nitrogen and oxygen atoms in total. The van der Waals surface area contributed by atoms with Gasteiger partial charge in [-0.2, -0.15) is 5.10 Å². The number of nitrogens with one attached hydrogen (secondary N) is 2. The lowest BCUT2D eigenvalue weighted by molar-refractivity contribution is 0.974. The molecule has 1 aromatic carbocycles. The van der Waals surface area contributed by atoms with E-state index in [9.17, 15) is 0 Å². The second-order valence-corrected chi connectivity index (χ2v) is 4.26. The Kier molecular flexibility index (Phi) is 4.99. The van der Waals surface area contributed by atoms with Crippen LogP contribution in [0.2, 0.25) is 10.0 Å². The van der Waals surface area contributed by atoms with Crippen molar-refractivity contribution >= 4 is 46.2 Å². The summed E-state index contributed by atoms with van der Waals surface area (Å²) in [6.45, 7) is 1.83. The third-order valence-electron chi connectivity index (χ3n) is 1.87. The fourth-order valence-electron chi connectivity index (χ4n) is 1.03. The van der Waals surface area contributed by atoms with Gasteiger partial charge in [-0.15, -0.1) is 0 Å². The molecule has 1 aromatic rings. The van der Waals surface area contributed by atoms with Crippen LogP contribution in [-0.2, 0) is 0 Å². The molecular formula is C10H11Cl2N3S. The number of halogens is 2. The Bertz CT molecular complexity index is 432. The molecule has 0 bridgehead atoms. The summed E-state index contributed by atoms with van der Waals surface area (Å²) < 4.78 is 0. The van der Waals surface area contributed by atoms with Gasteiger partial charge in [0.1, 0.15) is 0 Å². The zero-order chi connectivity index (χ0) is 12.1. The second kappa shape index (κ2) is 6.03. The number of thiocarbonyl (C=S) groups is 1. The molecule has 0 aromatic heterocycles. The van der Waals surface area contributed by atoms with Gasteiger partial charge in [-0.05, 0) is 31.3 Å². The molecule has 0 aliphatic heterocycles. The Morgan fingerprint density at radius 1 is 1.38 bits per heavy atom. The third-order valence-corrected chi connectivity index (χ3v) is 2.72. The van der Waals surface area contributed by atoms with Gasteiger partial charge in [0.25, 0.3) is 0 Å². The fraction of sp³-hybridized carbons (Fsp3) is 0.200. The van der Waals surface area contributed by atoms with E-state index in [4.69, 9.17) is 35.4 Å². The maximum absolute atomic E-state index is 6.03. The van der Waals surface area contributed by atoms with Gasteiger partial charge in [0.05, 0.1) is 10.7 Å². The van der Waals surface area contributed by atoms with Gasteiger partial charge in [-0.25, -0.2) is 0 Å². The van der Waals surface area contributed by atoms with Crippen LogP contribution in [0.25, 0.3) is 0 Å². The summed E-state index contributed by atoms with van der Waals surface area (Å²) >= 11 is 16.7. The van der Waals surface area contributed by atoms with Gasteiger partial charge in [0.15, 0.2) is 5.11 Å². The van der Waals surface area contributed by atoms with E-state index in [0.717, 1.165) is 11.3 Å². The number of hydrogen-bond acceptors (Lipinski definition) is 2. The van der Waals surface area contributed by atoms with Crippen molar-refractivity contribution in [1.29, 1.82) is 0 Å². The molecule has 0 aliphatic carbocycles. The summed E-state index contributed by atoms with van der Waals surface area (Å²) in [6.07, 6.45) is 0. The first-order chi connectivity index (χ1) is 7.54. The van der Waals surface area contributed by atoms with Crippen LogP contribution in [0.4, 0.5) is 0 Å². The molecule has 0 radical (unpaired) electrons. The number of nitrogens with zero attached hydrogens (tertiary/aromatic N) is 1. The first kappa shape index (κ1) is 13.2. The summed E-state index contributed by atoms with van der Waals surface area (Å²) in [6, 6.07) is 5.25. The summed E-state index contributed by atoms with van der Waals surface area (Å²) in [5, 5.41) is 8.45. The predicted molar refractivity (Wildman–Crippen MR) is 73.5 cm³/mol. The summed E-state index contributed by atoms with van der Waals surface area (Å²) in [5.74, 6) is 0. The van der Waals surface area contributed by atoms with Crippen molar-refractivity contribution in [1.82, 2.24) is 10.7 Å². The highest BCUT2D eigenvalue weighted by Gasteiger charge is 2.04. The highest BCUT2D eigenvalue weighted by atomic mass is 35.5. The normalized spacial score (nSPS) is 11.1. The molecule has 0 heterocycles. The van der Waals surface area contributed by atoms with Crippen molar-refractivity contribution < 1.29 is 0 Å². The van der Waals surface area contributed by atoms with Crippen LogP contribution >= 0.6 is 35.4 Å². The van der Waals surface area contributed by atoms with E-state index in [2.05, 4.69) is 15.8 Å². The maximum Gasteiger partial charge on any atom is 0.186 e. The van der Waals surface area contributed by atoms with Gasteiger partial charge < -0.3 is 5.32 Å². The minimum Gasteiger partial charge on any atom is -0.364 e. The van der Waals surface area contributed by atoms with E-state index in [1.807, 2.05) is 13.0 Å². The van der Waals surface area contributed by atoms with Gasteiger partial charge in [0.2, 0.25) is 0 Å². The monoisotopic (exact) mass is 275 g/mol. The lowest BCUT2D eigenvalue weighted by atomic mass is 10.1. The standard InChI is InChI=1S/C10H11Cl2N3S/c1-6(14-15-10(16)13-2)8-4-3-7(11)5-9(8)12/h3-5H,1-2H3,(H2,13,15,16)/b14-6-. The average molecular weight is 276 g/mol. The lowest BCUT2D eigenvalue weighted by Gasteiger charge is -2.06. The van der Waals surface area contributed by atoms with E-state index in [1.165, 1.54) is 0 Å². The molecular weight excluding hydrogens is 265 g/mol. The number of benzene rings is 1. The molecule has 0 atom stereocenters.